The molecule has 1 aromatic carbocycles. The molecule has 0 radical (unpaired) electrons. The number of nitrogens with zero attached hydrogens (tertiary/aromatic N) is 1. The Morgan fingerprint density at radius 3 is 2.58 bits per heavy atom. The quantitative estimate of drug-likeness (QED) is 0.831. The first-order valence-electron chi connectivity index (χ1n) is 8.07. The average Bonchev–Trinajstić information content (AvgIpc) is 2.96. The number of halogens is 4. The molecule has 9 heteroatoms. The van der Waals surface area contributed by atoms with Crippen molar-refractivity contribution < 1.29 is 27.6 Å². The van der Waals surface area contributed by atoms with E-state index in [0.29, 0.717) is 12.8 Å². The van der Waals surface area contributed by atoms with Gasteiger partial charge in [-0.2, -0.15) is 13.2 Å². The Balaban J connectivity index is 1.76. The lowest BCUT2D eigenvalue weighted by Crippen LogP contribution is -2.40. The first kappa shape index (κ1) is 18.7. The molecule has 1 aliphatic rings. The van der Waals surface area contributed by atoms with Gasteiger partial charge in [0.15, 0.2) is 11.5 Å². The molecule has 3 rings (SSSR count). The molecule has 1 amide bonds. The fourth-order valence-electron chi connectivity index (χ4n) is 2.96. The van der Waals surface area contributed by atoms with Crippen molar-refractivity contribution in [3.63, 3.8) is 0 Å². The largest absolute Gasteiger partial charge is 0.416 e. The number of amides is 1. The highest BCUT2D eigenvalue weighted by Gasteiger charge is 2.31. The van der Waals surface area contributed by atoms with E-state index in [9.17, 15) is 23.1 Å². The molecule has 0 spiro atoms. The Hall–Kier alpha value is -2.06. The summed E-state index contributed by atoms with van der Waals surface area (Å²) in [5.74, 6) is -0.523. The lowest BCUT2D eigenvalue weighted by Gasteiger charge is -2.26. The number of hydrogen-bond donors (Lipinski definition) is 2. The van der Waals surface area contributed by atoms with Gasteiger partial charge >= 0.3 is 6.18 Å². The van der Waals surface area contributed by atoms with Gasteiger partial charge in [-0.3, -0.25) is 4.79 Å². The van der Waals surface area contributed by atoms with Gasteiger partial charge in [-0.05, 0) is 37.8 Å². The zero-order chi connectivity index (χ0) is 18.9. The Bertz CT molecular complexity index is 790. The highest BCUT2D eigenvalue weighted by atomic mass is 35.5. The van der Waals surface area contributed by atoms with Crippen molar-refractivity contribution in [2.45, 2.75) is 44.0 Å². The summed E-state index contributed by atoms with van der Waals surface area (Å²) in [7, 11) is 0. The maximum absolute atomic E-state index is 12.6. The molecular weight excluding hydrogens is 373 g/mol. The monoisotopic (exact) mass is 388 g/mol. The summed E-state index contributed by atoms with van der Waals surface area (Å²) in [6.07, 6.45) is -2.20. The van der Waals surface area contributed by atoms with Crippen LogP contribution >= 0.6 is 11.6 Å². The molecule has 2 N–H and O–H groups in total. The van der Waals surface area contributed by atoms with Crippen LogP contribution in [0.25, 0.3) is 11.3 Å². The lowest BCUT2D eigenvalue weighted by atomic mass is 9.93. The number of nitrogens with one attached hydrogen (secondary N) is 1. The van der Waals surface area contributed by atoms with Crippen molar-refractivity contribution in [2.75, 3.05) is 0 Å². The third-order valence-electron chi connectivity index (χ3n) is 4.31. The van der Waals surface area contributed by atoms with Crippen molar-refractivity contribution in [2.24, 2.45) is 0 Å². The van der Waals surface area contributed by atoms with Gasteiger partial charge in [0.25, 0.3) is 5.91 Å². The fourth-order valence-corrected chi connectivity index (χ4v) is 3.22. The maximum atomic E-state index is 12.6. The second kappa shape index (κ2) is 7.28. The van der Waals surface area contributed by atoms with Gasteiger partial charge in [0.05, 0.1) is 11.7 Å². The topological polar surface area (TPSA) is 75.4 Å². The third-order valence-corrected chi connectivity index (χ3v) is 4.66. The number of hydrogen-bond acceptors (Lipinski definition) is 4. The summed E-state index contributed by atoms with van der Waals surface area (Å²) < 4.78 is 43.0. The Labute approximate surface area is 152 Å². The van der Waals surface area contributed by atoms with Gasteiger partial charge in [-0.25, -0.2) is 0 Å². The first-order valence-corrected chi connectivity index (χ1v) is 8.45. The van der Waals surface area contributed by atoms with E-state index in [-0.39, 0.29) is 28.1 Å². The molecular formula is C17H16ClF3N2O3. The molecule has 1 fully saturated rings. The van der Waals surface area contributed by atoms with E-state index in [1.807, 2.05) is 0 Å². The second-order valence-corrected chi connectivity index (χ2v) is 6.62. The number of benzene rings is 1. The molecule has 2 atom stereocenters. The van der Waals surface area contributed by atoms with E-state index < -0.39 is 23.8 Å². The van der Waals surface area contributed by atoms with Crippen LogP contribution in [0.4, 0.5) is 13.2 Å². The average molecular weight is 389 g/mol. The molecule has 1 aromatic heterocycles. The predicted octanol–water partition coefficient (Wildman–Crippen LogP) is 4.05. The molecule has 0 aliphatic heterocycles. The number of aromatic nitrogens is 1. The minimum Gasteiger partial charge on any atom is -0.393 e. The summed E-state index contributed by atoms with van der Waals surface area (Å²) in [6.45, 7) is 0. The van der Waals surface area contributed by atoms with Crippen molar-refractivity contribution >= 4 is 17.5 Å². The van der Waals surface area contributed by atoms with Crippen molar-refractivity contribution in [3.8, 4) is 11.3 Å². The van der Waals surface area contributed by atoms with Crippen molar-refractivity contribution in [1.29, 1.82) is 0 Å². The van der Waals surface area contributed by atoms with Crippen LogP contribution in [0, 0.1) is 0 Å². The van der Waals surface area contributed by atoms with E-state index in [0.717, 1.165) is 25.0 Å². The zero-order valence-corrected chi connectivity index (χ0v) is 14.3. The standard InChI is InChI=1S/C17H16ClF3N2O3/c18-13-14(16(25)22-11-2-1-3-12(24)8-11)23-26-15(13)9-4-6-10(7-5-9)17(19,20)21/h4-7,11-12,24H,1-3,8H2,(H,22,25)/t11-,12-/m0/s1. The highest BCUT2D eigenvalue weighted by Crippen LogP contribution is 2.34. The van der Waals surface area contributed by atoms with Crippen LogP contribution in [0.1, 0.15) is 41.7 Å². The summed E-state index contributed by atoms with van der Waals surface area (Å²) in [6, 6.07) is 4.02. The van der Waals surface area contributed by atoms with Crippen LogP contribution in [0.15, 0.2) is 28.8 Å². The zero-order valence-electron chi connectivity index (χ0n) is 13.5. The van der Waals surface area contributed by atoms with Crippen LogP contribution in [-0.4, -0.2) is 28.3 Å². The molecule has 2 aromatic rings. The van der Waals surface area contributed by atoms with Crippen molar-refractivity contribution in [1.82, 2.24) is 10.5 Å². The number of aliphatic hydroxyl groups is 1. The van der Waals surface area contributed by atoms with E-state index in [2.05, 4.69) is 10.5 Å². The van der Waals surface area contributed by atoms with E-state index in [4.69, 9.17) is 16.1 Å². The normalized spacial score (nSPS) is 20.8. The smallest absolute Gasteiger partial charge is 0.393 e. The van der Waals surface area contributed by atoms with Crippen LogP contribution in [0.2, 0.25) is 5.02 Å². The van der Waals surface area contributed by atoms with Crippen LogP contribution < -0.4 is 5.32 Å². The summed E-state index contributed by atoms with van der Waals surface area (Å²) in [4.78, 5) is 12.3. The number of alkyl halides is 3. The van der Waals surface area contributed by atoms with Gasteiger partial charge in [0.2, 0.25) is 0 Å². The third kappa shape index (κ3) is 4.02. The number of carbonyl (C=O) groups is 1. The summed E-state index contributed by atoms with van der Waals surface area (Å²) >= 11 is 6.14. The molecule has 5 nitrogen and oxygen atoms in total. The van der Waals surface area contributed by atoms with Crippen molar-refractivity contribution in [3.05, 3.63) is 40.5 Å². The molecule has 0 bridgehead atoms. The van der Waals surface area contributed by atoms with Gasteiger partial charge in [0, 0.05) is 11.6 Å². The van der Waals surface area contributed by atoms with Crippen LogP contribution in [-0.2, 0) is 6.18 Å². The molecule has 0 unspecified atom stereocenters. The van der Waals surface area contributed by atoms with Gasteiger partial charge in [0.1, 0.15) is 5.02 Å². The minimum absolute atomic E-state index is 0.0224. The number of aliphatic hydroxyl groups excluding tert-OH is 1. The molecule has 140 valence electrons. The van der Waals surface area contributed by atoms with E-state index in [1.54, 1.807) is 0 Å². The lowest BCUT2D eigenvalue weighted by molar-refractivity contribution is -0.137. The summed E-state index contributed by atoms with van der Waals surface area (Å²) in [5, 5.41) is 16.0. The SMILES string of the molecule is O=C(N[C@H]1CCC[C@H](O)C1)c1noc(-c2ccc(C(F)(F)F)cc2)c1Cl. The maximum Gasteiger partial charge on any atom is 0.416 e. The fraction of sp³-hybridized carbons (Fsp3) is 0.412. The van der Waals surface area contributed by atoms with Gasteiger partial charge in [-0.15, -0.1) is 0 Å². The van der Waals surface area contributed by atoms with E-state index in [1.165, 1.54) is 12.1 Å². The Morgan fingerprint density at radius 1 is 1.27 bits per heavy atom. The highest BCUT2D eigenvalue weighted by molar-refractivity contribution is 6.35. The molecule has 0 saturated heterocycles. The molecule has 1 heterocycles. The van der Waals surface area contributed by atoms with Gasteiger partial charge < -0.3 is 14.9 Å². The minimum atomic E-state index is -4.45. The van der Waals surface area contributed by atoms with E-state index >= 15 is 0 Å². The molecule has 26 heavy (non-hydrogen) atoms. The predicted molar refractivity (Wildman–Crippen MR) is 87.7 cm³/mol. The summed E-state index contributed by atoms with van der Waals surface area (Å²) in [5.41, 5.74) is -0.657. The number of rotatable bonds is 3. The first-order chi connectivity index (χ1) is 12.3. The van der Waals surface area contributed by atoms with Crippen LogP contribution in [0.5, 0.6) is 0 Å². The molecule has 1 aliphatic carbocycles. The Morgan fingerprint density at radius 2 is 1.96 bits per heavy atom. The Kier molecular flexibility index (Phi) is 5.24. The molecule has 1 saturated carbocycles. The number of carbonyl (C=O) groups excluding carboxylic acids is 1. The van der Waals surface area contributed by atoms with Crippen LogP contribution in [0.3, 0.4) is 0 Å². The van der Waals surface area contributed by atoms with Gasteiger partial charge in [-0.1, -0.05) is 28.9 Å². The second-order valence-electron chi connectivity index (χ2n) is 6.24.